The zero-order valence-corrected chi connectivity index (χ0v) is 21.2. The van der Waals surface area contributed by atoms with E-state index in [0.717, 1.165) is 51.6 Å². The second-order valence-corrected chi connectivity index (χ2v) is 7.51. The van der Waals surface area contributed by atoms with E-state index < -0.39 is 11.6 Å². The Labute approximate surface area is 203 Å². The molecule has 1 aliphatic heterocycles. The number of nitrogens with zero attached hydrogens (tertiary/aromatic N) is 2. The van der Waals surface area contributed by atoms with Crippen LogP contribution in [-0.2, 0) is 4.79 Å². The molecule has 0 aromatic heterocycles. The molecule has 5 nitrogen and oxygen atoms in total. The molecule has 0 spiro atoms. The fraction of sp³-hybridized carbons (Fsp3) is 0.481. The van der Waals surface area contributed by atoms with Crippen LogP contribution in [-0.4, -0.2) is 60.9 Å². The Morgan fingerprint density at radius 2 is 1.50 bits per heavy atom. The number of hydrogen-bond acceptors (Lipinski definition) is 3. The summed E-state index contributed by atoms with van der Waals surface area (Å²) in [6.45, 7) is 14.5. The molecule has 1 aliphatic rings. The molecule has 1 heterocycles. The second kappa shape index (κ2) is 15.9. The molecule has 0 radical (unpaired) electrons. The maximum Gasteiger partial charge on any atom is 0.251 e. The highest BCUT2D eigenvalue weighted by molar-refractivity contribution is 5.94. The highest BCUT2D eigenvalue weighted by atomic mass is 19.1. The van der Waals surface area contributed by atoms with E-state index in [9.17, 15) is 18.4 Å². The van der Waals surface area contributed by atoms with Gasteiger partial charge >= 0.3 is 0 Å². The summed E-state index contributed by atoms with van der Waals surface area (Å²) in [4.78, 5) is 27.8. The van der Waals surface area contributed by atoms with E-state index in [-0.39, 0.29) is 11.8 Å². The van der Waals surface area contributed by atoms with E-state index in [1.807, 2.05) is 32.6 Å². The highest BCUT2D eigenvalue weighted by Gasteiger charge is 2.17. The highest BCUT2D eigenvalue weighted by Crippen LogP contribution is 2.23. The predicted octanol–water partition coefficient (Wildman–Crippen LogP) is 5.36. The molecule has 0 unspecified atom stereocenters. The first kappa shape index (κ1) is 29.2. The van der Waals surface area contributed by atoms with Crippen molar-refractivity contribution >= 4 is 11.8 Å². The van der Waals surface area contributed by atoms with Gasteiger partial charge in [0.05, 0.1) is 0 Å². The van der Waals surface area contributed by atoms with Crippen molar-refractivity contribution in [3.63, 3.8) is 0 Å². The summed E-state index contributed by atoms with van der Waals surface area (Å²) in [5.41, 5.74) is 1.39. The Hall–Kier alpha value is -2.80. The van der Waals surface area contributed by atoms with Gasteiger partial charge in [0, 0.05) is 56.8 Å². The van der Waals surface area contributed by atoms with Crippen LogP contribution in [0.3, 0.4) is 0 Å². The molecule has 2 aromatic rings. The lowest BCUT2D eigenvalue weighted by Crippen LogP contribution is -2.48. The van der Waals surface area contributed by atoms with Crippen molar-refractivity contribution in [2.45, 2.75) is 47.5 Å². The number of amides is 2. The fourth-order valence-electron chi connectivity index (χ4n) is 3.58. The van der Waals surface area contributed by atoms with Gasteiger partial charge < -0.3 is 10.2 Å². The normalized spacial score (nSPS) is 13.2. The van der Waals surface area contributed by atoms with E-state index in [0.29, 0.717) is 23.2 Å². The summed E-state index contributed by atoms with van der Waals surface area (Å²) in [5, 5.41) is 2.90. The summed E-state index contributed by atoms with van der Waals surface area (Å²) >= 11 is 0. The van der Waals surface area contributed by atoms with Crippen LogP contribution in [0.1, 0.15) is 57.8 Å². The zero-order chi connectivity index (χ0) is 25.5. The molecule has 0 atom stereocenters. The van der Waals surface area contributed by atoms with E-state index >= 15 is 0 Å². The van der Waals surface area contributed by atoms with Gasteiger partial charge in [-0.3, -0.25) is 14.5 Å². The standard InChI is InChI=1S/C23H27F2N3O2.2C2H6/c1-17(29)28-14-12-27(13-15-28)11-3-2-10-26-23(30)19-6-4-18(5-7-19)21-9-8-20(24)16-22(21)25;2*1-2/h4-9,16H,2-3,10-15H2,1H3,(H,26,30);2*1-2H3. The number of benzene rings is 2. The van der Waals surface area contributed by atoms with Crippen LogP contribution >= 0.6 is 0 Å². The Kier molecular flexibility index (Phi) is 13.7. The largest absolute Gasteiger partial charge is 0.352 e. The van der Waals surface area contributed by atoms with Gasteiger partial charge in [0.1, 0.15) is 11.6 Å². The van der Waals surface area contributed by atoms with Gasteiger partial charge in [-0.15, -0.1) is 0 Å². The van der Waals surface area contributed by atoms with Crippen molar-refractivity contribution in [2.75, 3.05) is 39.3 Å². The first-order valence-electron chi connectivity index (χ1n) is 12.3. The summed E-state index contributed by atoms with van der Waals surface area (Å²) in [6, 6.07) is 10.0. The molecule has 188 valence electrons. The minimum atomic E-state index is -0.630. The van der Waals surface area contributed by atoms with Gasteiger partial charge in [-0.05, 0) is 49.2 Å². The maximum absolute atomic E-state index is 13.9. The van der Waals surface area contributed by atoms with Crippen molar-refractivity contribution in [2.24, 2.45) is 0 Å². The van der Waals surface area contributed by atoms with Gasteiger partial charge in [0.15, 0.2) is 0 Å². The second-order valence-electron chi connectivity index (χ2n) is 7.51. The van der Waals surface area contributed by atoms with Gasteiger partial charge in [0.2, 0.25) is 5.91 Å². The lowest BCUT2D eigenvalue weighted by molar-refractivity contribution is -0.130. The maximum atomic E-state index is 13.9. The van der Waals surface area contributed by atoms with E-state index in [2.05, 4.69) is 10.2 Å². The Morgan fingerprint density at radius 1 is 0.882 bits per heavy atom. The molecule has 34 heavy (non-hydrogen) atoms. The fourth-order valence-corrected chi connectivity index (χ4v) is 3.58. The molecule has 0 saturated carbocycles. The smallest absolute Gasteiger partial charge is 0.251 e. The third-order valence-corrected chi connectivity index (χ3v) is 5.39. The van der Waals surface area contributed by atoms with Crippen LogP contribution in [0.25, 0.3) is 11.1 Å². The van der Waals surface area contributed by atoms with Gasteiger partial charge in [-0.2, -0.15) is 0 Å². The number of carbonyl (C=O) groups excluding carboxylic acids is 2. The molecule has 3 rings (SSSR count). The Morgan fingerprint density at radius 3 is 2.06 bits per heavy atom. The van der Waals surface area contributed by atoms with Crippen LogP contribution in [0.5, 0.6) is 0 Å². The average molecular weight is 476 g/mol. The number of halogens is 2. The molecule has 0 aliphatic carbocycles. The van der Waals surface area contributed by atoms with E-state index in [1.165, 1.54) is 12.1 Å². The number of unbranched alkanes of at least 4 members (excludes halogenated alkanes) is 1. The number of rotatable bonds is 7. The van der Waals surface area contributed by atoms with Crippen molar-refractivity contribution in [3.05, 3.63) is 59.7 Å². The average Bonchev–Trinajstić information content (AvgIpc) is 2.86. The van der Waals surface area contributed by atoms with Crippen molar-refractivity contribution < 1.29 is 18.4 Å². The molecule has 1 saturated heterocycles. The lowest BCUT2D eigenvalue weighted by Gasteiger charge is -2.34. The van der Waals surface area contributed by atoms with Crippen LogP contribution in [0.2, 0.25) is 0 Å². The zero-order valence-electron chi connectivity index (χ0n) is 21.2. The van der Waals surface area contributed by atoms with Crippen LogP contribution in [0.15, 0.2) is 42.5 Å². The molecule has 2 amide bonds. The van der Waals surface area contributed by atoms with Crippen LogP contribution in [0, 0.1) is 11.6 Å². The molecular weight excluding hydrogens is 436 g/mol. The van der Waals surface area contributed by atoms with Gasteiger partial charge in [-0.25, -0.2) is 8.78 Å². The van der Waals surface area contributed by atoms with Crippen molar-refractivity contribution in [1.29, 1.82) is 0 Å². The lowest BCUT2D eigenvalue weighted by atomic mass is 10.0. The van der Waals surface area contributed by atoms with Gasteiger partial charge in [-0.1, -0.05) is 39.8 Å². The van der Waals surface area contributed by atoms with Crippen molar-refractivity contribution in [1.82, 2.24) is 15.1 Å². The Balaban J connectivity index is 0.00000137. The molecule has 0 bridgehead atoms. The third-order valence-electron chi connectivity index (χ3n) is 5.39. The quantitative estimate of drug-likeness (QED) is 0.549. The SMILES string of the molecule is CC.CC.CC(=O)N1CCN(CCCCNC(=O)c2ccc(-c3ccc(F)cc3F)cc2)CC1. The van der Waals surface area contributed by atoms with E-state index in [1.54, 1.807) is 31.2 Å². The minimum Gasteiger partial charge on any atom is -0.352 e. The molecule has 7 heteroatoms. The summed E-state index contributed by atoms with van der Waals surface area (Å²) < 4.78 is 26.9. The minimum absolute atomic E-state index is 0.133. The monoisotopic (exact) mass is 475 g/mol. The number of carbonyl (C=O) groups is 2. The van der Waals surface area contributed by atoms with Crippen LogP contribution < -0.4 is 5.32 Å². The van der Waals surface area contributed by atoms with E-state index in [4.69, 9.17) is 0 Å². The molecule has 2 aromatic carbocycles. The summed E-state index contributed by atoms with van der Waals surface area (Å²) in [6.07, 6.45) is 1.85. The summed E-state index contributed by atoms with van der Waals surface area (Å²) in [7, 11) is 0. The number of hydrogen-bond donors (Lipinski definition) is 1. The molecular formula is C27H39F2N3O2. The molecule has 1 N–H and O–H groups in total. The molecule has 1 fully saturated rings. The first-order valence-corrected chi connectivity index (χ1v) is 12.3. The third kappa shape index (κ3) is 9.21. The topological polar surface area (TPSA) is 52.7 Å². The Bertz CT molecular complexity index is 880. The number of nitrogens with one attached hydrogen (secondary N) is 1. The van der Waals surface area contributed by atoms with Gasteiger partial charge in [0.25, 0.3) is 5.91 Å². The summed E-state index contributed by atoms with van der Waals surface area (Å²) in [5.74, 6) is -1.29. The first-order chi connectivity index (χ1) is 16.4. The van der Waals surface area contributed by atoms with Crippen molar-refractivity contribution in [3.8, 4) is 11.1 Å². The predicted molar refractivity (Wildman–Crippen MR) is 135 cm³/mol. The van der Waals surface area contributed by atoms with Crippen LogP contribution in [0.4, 0.5) is 8.78 Å². The number of piperazine rings is 1.